The third kappa shape index (κ3) is 3.73. The van der Waals surface area contributed by atoms with E-state index in [1.807, 2.05) is 30.3 Å². The van der Waals surface area contributed by atoms with Gasteiger partial charge < -0.3 is 19.4 Å². The van der Waals surface area contributed by atoms with Crippen molar-refractivity contribution in [1.82, 2.24) is 18.9 Å². The number of benzene rings is 2. The monoisotopic (exact) mass is 455 g/mol. The van der Waals surface area contributed by atoms with Crippen LogP contribution in [0.4, 0.5) is 5.69 Å². The van der Waals surface area contributed by atoms with Crippen molar-refractivity contribution in [2.24, 2.45) is 0 Å². The van der Waals surface area contributed by atoms with E-state index >= 15 is 0 Å². The Bertz CT molecular complexity index is 1570. The average molecular weight is 455 g/mol. The molecule has 5 rings (SSSR count). The minimum atomic E-state index is -0.313. The van der Waals surface area contributed by atoms with Gasteiger partial charge in [-0.1, -0.05) is 18.2 Å². The van der Waals surface area contributed by atoms with Crippen LogP contribution in [-0.2, 0) is 11.3 Å². The maximum atomic E-state index is 13.1. The number of hydrogen-bond donors (Lipinski definition) is 1. The van der Waals surface area contributed by atoms with Gasteiger partial charge in [0.05, 0.1) is 42.3 Å². The largest absolute Gasteiger partial charge is 0.497 e. The van der Waals surface area contributed by atoms with Gasteiger partial charge in [-0.05, 0) is 36.4 Å². The summed E-state index contributed by atoms with van der Waals surface area (Å²) in [5, 5.41) is 2.87. The van der Waals surface area contributed by atoms with E-state index in [4.69, 9.17) is 14.5 Å². The molecule has 2 aromatic carbocycles. The SMILES string of the molecule is COc1ccc(OC)c(NC(=O)Cn2c3ccccc3n3c(=O)cc(-c4ccccn4)nc23)c1. The Balaban J connectivity index is 1.60. The van der Waals surface area contributed by atoms with E-state index in [0.717, 1.165) is 0 Å². The molecule has 0 fully saturated rings. The Morgan fingerprint density at radius 1 is 0.941 bits per heavy atom. The van der Waals surface area contributed by atoms with Crippen molar-refractivity contribution in [3.8, 4) is 22.9 Å². The second kappa shape index (κ2) is 8.70. The molecular formula is C25H21N5O4. The molecule has 170 valence electrons. The van der Waals surface area contributed by atoms with Gasteiger partial charge in [0.1, 0.15) is 18.0 Å². The van der Waals surface area contributed by atoms with E-state index in [2.05, 4.69) is 10.3 Å². The molecule has 34 heavy (non-hydrogen) atoms. The molecule has 3 aromatic heterocycles. The number of pyridine rings is 1. The number of hydrogen-bond acceptors (Lipinski definition) is 6. The van der Waals surface area contributed by atoms with Crippen LogP contribution < -0.4 is 20.3 Å². The molecule has 9 heteroatoms. The normalized spacial score (nSPS) is 11.0. The van der Waals surface area contributed by atoms with Crippen LogP contribution in [0.1, 0.15) is 0 Å². The summed E-state index contributed by atoms with van der Waals surface area (Å²) in [6, 6.07) is 19.4. The number of carbonyl (C=O) groups excluding carboxylic acids is 1. The lowest BCUT2D eigenvalue weighted by Crippen LogP contribution is -2.21. The highest BCUT2D eigenvalue weighted by Crippen LogP contribution is 2.29. The van der Waals surface area contributed by atoms with Crippen LogP contribution in [-0.4, -0.2) is 39.1 Å². The Hall–Kier alpha value is -4.66. The van der Waals surface area contributed by atoms with E-state index in [1.54, 1.807) is 48.2 Å². The summed E-state index contributed by atoms with van der Waals surface area (Å²) in [7, 11) is 3.08. The number of fused-ring (bicyclic) bond motifs is 3. The maximum Gasteiger partial charge on any atom is 0.260 e. The minimum Gasteiger partial charge on any atom is -0.497 e. The van der Waals surface area contributed by atoms with Gasteiger partial charge >= 0.3 is 0 Å². The Morgan fingerprint density at radius 3 is 2.47 bits per heavy atom. The molecular weight excluding hydrogens is 434 g/mol. The highest BCUT2D eigenvalue weighted by molar-refractivity contribution is 5.94. The van der Waals surface area contributed by atoms with Crippen molar-refractivity contribution in [2.45, 2.75) is 6.54 Å². The van der Waals surface area contributed by atoms with Gasteiger partial charge in [0.15, 0.2) is 0 Å². The van der Waals surface area contributed by atoms with E-state index in [9.17, 15) is 9.59 Å². The third-order valence-electron chi connectivity index (χ3n) is 5.47. The summed E-state index contributed by atoms with van der Waals surface area (Å²) >= 11 is 0. The topological polar surface area (TPSA) is 99.8 Å². The lowest BCUT2D eigenvalue weighted by atomic mass is 10.2. The molecule has 3 heterocycles. The number of methoxy groups -OCH3 is 2. The zero-order valence-corrected chi connectivity index (χ0v) is 18.6. The molecule has 0 aliphatic carbocycles. The highest BCUT2D eigenvalue weighted by atomic mass is 16.5. The van der Waals surface area contributed by atoms with E-state index in [1.165, 1.54) is 17.6 Å². The van der Waals surface area contributed by atoms with Crippen LogP contribution in [0.15, 0.2) is 77.7 Å². The number of imidazole rings is 1. The Kier molecular flexibility index (Phi) is 5.43. The third-order valence-corrected chi connectivity index (χ3v) is 5.47. The van der Waals surface area contributed by atoms with Gasteiger partial charge in [0.25, 0.3) is 5.56 Å². The summed E-state index contributed by atoms with van der Waals surface area (Å²) in [6.07, 6.45) is 1.64. The predicted molar refractivity (Wildman–Crippen MR) is 128 cm³/mol. The molecule has 5 aromatic rings. The number of aromatic nitrogens is 4. The van der Waals surface area contributed by atoms with Gasteiger partial charge in [-0.2, -0.15) is 0 Å². The molecule has 0 radical (unpaired) electrons. The average Bonchev–Trinajstić information content (AvgIpc) is 3.18. The molecule has 0 unspecified atom stereocenters. The summed E-state index contributed by atoms with van der Waals surface area (Å²) in [5.74, 6) is 1.12. The second-order valence-electron chi connectivity index (χ2n) is 7.52. The maximum absolute atomic E-state index is 13.1. The number of rotatable bonds is 6. The number of anilines is 1. The molecule has 0 saturated carbocycles. The molecule has 9 nitrogen and oxygen atoms in total. The molecule has 0 spiro atoms. The number of nitrogens with zero attached hydrogens (tertiary/aromatic N) is 4. The van der Waals surface area contributed by atoms with Crippen LogP contribution in [0.25, 0.3) is 28.2 Å². The second-order valence-corrected chi connectivity index (χ2v) is 7.52. The lowest BCUT2D eigenvalue weighted by Gasteiger charge is -2.12. The van der Waals surface area contributed by atoms with Crippen LogP contribution in [0.2, 0.25) is 0 Å². The first-order valence-corrected chi connectivity index (χ1v) is 10.5. The molecule has 0 aliphatic heterocycles. The van der Waals surface area contributed by atoms with Crippen LogP contribution in [0.5, 0.6) is 11.5 Å². The fourth-order valence-electron chi connectivity index (χ4n) is 3.91. The molecule has 0 saturated heterocycles. The molecule has 1 N–H and O–H groups in total. The molecule has 0 atom stereocenters. The van der Waals surface area contributed by atoms with Gasteiger partial charge in [0, 0.05) is 18.3 Å². The van der Waals surface area contributed by atoms with E-state index in [0.29, 0.717) is 45.4 Å². The van der Waals surface area contributed by atoms with Gasteiger partial charge in [-0.25, -0.2) is 9.38 Å². The van der Waals surface area contributed by atoms with Gasteiger partial charge in [-0.3, -0.25) is 14.6 Å². The fourth-order valence-corrected chi connectivity index (χ4v) is 3.91. The number of para-hydroxylation sites is 2. The number of carbonyl (C=O) groups is 1. The smallest absolute Gasteiger partial charge is 0.260 e. The predicted octanol–water partition coefficient (Wildman–Crippen LogP) is 3.37. The van der Waals surface area contributed by atoms with E-state index in [-0.39, 0.29) is 18.0 Å². The number of ether oxygens (including phenoxy) is 2. The molecule has 0 bridgehead atoms. The van der Waals surface area contributed by atoms with Crippen LogP contribution in [0.3, 0.4) is 0 Å². The van der Waals surface area contributed by atoms with Crippen molar-refractivity contribution >= 4 is 28.4 Å². The van der Waals surface area contributed by atoms with E-state index < -0.39 is 0 Å². The van der Waals surface area contributed by atoms with Crippen molar-refractivity contribution in [3.05, 3.63) is 83.3 Å². The van der Waals surface area contributed by atoms with Crippen molar-refractivity contribution in [2.75, 3.05) is 19.5 Å². The van der Waals surface area contributed by atoms with Crippen LogP contribution >= 0.6 is 0 Å². The lowest BCUT2D eigenvalue weighted by molar-refractivity contribution is -0.116. The number of nitrogens with one attached hydrogen (secondary N) is 1. The summed E-state index contributed by atoms with van der Waals surface area (Å²) in [4.78, 5) is 35.2. The van der Waals surface area contributed by atoms with Gasteiger partial charge in [0.2, 0.25) is 11.7 Å². The van der Waals surface area contributed by atoms with Gasteiger partial charge in [-0.15, -0.1) is 0 Å². The first kappa shape index (κ1) is 21.2. The highest BCUT2D eigenvalue weighted by Gasteiger charge is 2.18. The first-order valence-electron chi connectivity index (χ1n) is 10.5. The van der Waals surface area contributed by atoms with Crippen molar-refractivity contribution in [1.29, 1.82) is 0 Å². The Morgan fingerprint density at radius 2 is 1.74 bits per heavy atom. The Labute approximate surface area is 194 Å². The number of amides is 1. The molecule has 0 aliphatic rings. The molecule has 1 amide bonds. The summed E-state index contributed by atoms with van der Waals surface area (Å²) in [6.45, 7) is -0.0739. The zero-order chi connectivity index (χ0) is 23.7. The standard InChI is InChI=1S/C25H21N5O4/c1-33-16-10-11-22(34-2)19(13-16)27-23(31)15-29-20-8-3-4-9-21(20)30-24(32)14-18(28-25(29)30)17-7-5-6-12-26-17/h3-14H,15H2,1-2H3,(H,27,31). The quantitative estimate of drug-likeness (QED) is 0.421. The minimum absolute atomic E-state index is 0.0739. The summed E-state index contributed by atoms with van der Waals surface area (Å²) in [5.41, 5.74) is 2.60. The van der Waals surface area contributed by atoms with Crippen molar-refractivity contribution < 1.29 is 14.3 Å². The zero-order valence-electron chi connectivity index (χ0n) is 18.6. The fraction of sp³-hybridized carbons (Fsp3) is 0.120. The summed E-state index contributed by atoms with van der Waals surface area (Å²) < 4.78 is 13.8. The van der Waals surface area contributed by atoms with Crippen molar-refractivity contribution in [3.63, 3.8) is 0 Å². The first-order chi connectivity index (χ1) is 16.6. The van der Waals surface area contributed by atoms with Crippen LogP contribution in [0, 0.1) is 0 Å².